The molecule has 0 spiro atoms. The van der Waals surface area contributed by atoms with Gasteiger partial charge in [-0.2, -0.15) is 5.01 Å². The zero-order valence-corrected chi connectivity index (χ0v) is 30.2. The summed E-state index contributed by atoms with van der Waals surface area (Å²) in [6.07, 6.45) is 0.351. The molecule has 2 atom stereocenters. The van der Waals surface area contributed by atoms with Crippen LogP contribution in [0, 0.1) is 7.14 Å². The molecule has 244 valence electrons. The van der Waals surface area contributed by atoms with E-state index in [0.29, 0.717) is 26.1 Å². The number of hydrazine groups is 1. The van der Waals surface area contributed by atoms with Gasteiger partial charge in [-0.05, 0) is 103 Å². The maximum Gasteiger partial charge on any atom is 0.332 e. The second-order valence-corrected chi connectivity index (χ2v) is 14.2. The summed E-state index contributed by atoms with van der Waals surface area (Å²) < 4.78 is 2.26. The van der Waals surface area contributed by atoms with E-state index in [1.165, 1.54) is 6.07 Å². The van der Waals surface area contributed by atoms with E-state index in [9.17, 15) is 19.5 Å². The van der Waals surface area contributed by atoms with E-state index < -0.39 is 12.2 Å². The molecule has 2 fully saturated rings. The van der Waals surface area contributed by atoms with Crippen molar-refractivity contribution in [3.8, 4) is 5.75 Å². The molecule has 2 saturated heterocycles. The molecule has 2 aliphatic rings. The van der Waals surface area contributed by atoms with E-state index in [0.717, 1.165) is 34.6 Å². The van der Waals surface area contributed by atoms with E-state index in [2.05, 4.69) is 56.6 Å². The van der Waals surface area contributed by atoms with Crippen LogP contribution in [-0.2, 0) is 29.1 Å². The van der Waals surface area contributed by atoms with Crippen molar-refractivity contribution >= 4 is 79.5 Å². The number of nitrogens with two attached hydrogens (primary N) is 1. The monoisotopic (exact) mass is 858 g/mol. The summed E-state index contributed by atoms with van der Waals surface area (Å²) in [5.41, 5.74) is 8.93. The molecule has 0 bridgehead atoms. The average molecular weight is 859 g/mol. The van der Waals surface area contributed by atoms with Gasteiger partial charge in [-0.3, -0.25) is 14.6 Å². The number of halogens is 2. The van der Waals surface area contributed by atoms with Crippen LogP contribution in [0.3, 0.4) is 0 Å². The van der Waals surface area contributed by atoms with Crippen LogP contribution in [0.2, 0.25) is 0 Å². The van der Waals surface area contributed by atoms with Crippen LogP contribution in [0.25, 0.3) is 10.8 Å². The van der Waals surface area contributed by atoms with Crippen molar-refractivity contribution in [2.75, 3.05) is 25.4 Å². The first kappa shape index (κ1) is 33.3. The number of carbonyl (C=O) groups excluding carboxylic acids is 3. The van der Waals surface area contributed by atoms with Crippen molar-refractivity contribution in [3.63, 3.8) is 0 Å². The SMILES string of the molecule is CCCN(C(=O)NCc1ccc(I)c(I)c1)N1CC(=O)N2[C@@H](Cc3ccc(O)c(N)c3)C(=O)N(Cc3cccc4ccccc34)C[C@@H]21. The summed E-state index contributed by atoms with van der Waals surface area (Å²) in [6, 6.07) is 24.0. The molecule has 4 aromatic rings. The third-order valence-corrected chi connectivity index (χ3v) is 11.6. The lowest BCUT2D eigenvalue weighted by Gasteiger charge is -2.46. The molecule has 0 unspecified atom stereocenters. The van der Waals surface area contributed by atoms with Crippen molar-refractivity contribution in [1.82, 2.24) is 25.1 Å². The van der Waals surface area contributed by atoms with Gasteiger partial charge in [0.25, 0.3) is 0 Å². The standard InChI is InChI=1S/C35H36I2N6O4/c1-2-14-41(35(47)39-18-23-10-12-27(36)28(37)15-23)42-21-33(45)43-30(17-22-11-13-31(44)29(38)16-22)34(46)40(20-32(42)43)19-25-8-5-7-24-6-3-4-9-26(24)25/h3-13,15-16,30,32,44H,2,14,17-21,38H2,1H3,(H,39,47)/t30-,32+/m0/s1. The van der Waals surface area contributed by atoms with Crippen LogP contribution in [-0.4, -0.2) is 74.6 Å². The van der Waals surface area contributed by atoms with Crippen molar-refractivity contribution in [2.45, 2.75) is 45.1 Å². The lowest BCUT2D eigenvalue weighted by Crippen LogP contribution is -2.66. The fourth-order valence-electron chi connectivity index (χ4n) is 6.46. The molecule has 6 rings (SSSR count). The van der Waals surface area contributed by atoms with Gasteiger partial charge in [0.1, 0.15) is 18.0 Å². The first-order valence-electron chi connectivity index (χ1n) is 15.5. The number of nitrogens with one attached hydrogen (secondary N) is 1. The van der Waals surface area contributed by atoms with Gasteiger partial charge in [0, 0.05) is 33.2 Å². The summed E-state index contributed by atoms with van der Waals surface area (Å²) in [5.74, 6) is -0.425. The topological polar surface area (TPSA) is 122 Å². The molecule has 4 N–H and O–H groups in total. The molecule has 4 aromatic carbocycles. The first-order valence-corrected chi connectivity index (χ1v) is 17.7. The van der Waals surface area contributed by atoms with Gasteiger partial charge >= 0.3 is 6.03 Å². The zero-order chi connectivity index (χ0) is 33.2. The lowest BCUT2D eigenvalue weighted by atomic mass is 9.98. The number of anilines is 1. The van der Waals surface area contributed by atoms with Crippen LogP contribution in [0.5, 0.6) is 5.75 Å². The van der Waals surface area contributed by atoms with Gasteiger partial charge in [-0.1, -0.05) is 61.5 Å². The number of nitrogen functional groups attached to an aromatic ring is 1. The number of benzene rings is 4. The van der Waals surface area contributed by atoms with Gasteiger partial charge in [0.15, 0.2) is 0 Å². The molecule has 4 amide bonds. The third-order valence-electron chi connectivity index (χ3n) is 8.74. The van der Waals surface area contributed by atoms with Crippen molar-refractivity contribution in [2.24, 2.45) is 0 Å². The number of fused-ring (bicyclic) bond motifs is 2. The van der Waals surface area contributed by atoms with Gasteiger partial charge in [0.2, 0.25) is 11.8 Å². The van der Waals surface area contributed by atoms with Crippen LogP contribution in [0.1, 0.15) is 30.0 Å². The number of piperazine rings is 1. The third kappa shape index (κ3) is 6.99. The number of hydrogen-bond acceptors (Lipinski definition) is 6. The minimum atomic E-state index is -0.814. The molecule has 0 aliphatic carbocycles. The highest BCUT2D eigenvalue weighted by Crippen LogP contribution is 2.32. The van der Waals surface area contributed by atoms with Crippen LogP contribution in [0.15, 0.2) is 78.9 Å². The molecule has 2 aliphatic heterocycles. The minimum Gasteiger partial charge on any atom is -0.506 e. The molecule has 0 radical (unpaired) electrons. The normalized spacial score (nSPS) is 18.1. The van der Waals surface area contributed by atoms with E-state index in [1.807, 2.05) is 66.5 Å². The Hall–Kier alpha value is -3.63. The Labute approximate surface area is 301 Å². The quantitative estimate of drug-likeness (QED) is 0.120. The summed E-state index contributed by atoms with van der Waals surface area (Å²) in [4.78, 5) is 45.3. The fourth-order valence-corrected chi connectivity index (χ4v) is 7.37. The molecule has 2 heterocycles. The van der Waals surface area contributed by atoms with E-state index >= 15 is 0 Å². The Morgan fingerprint density at radius 1 is 1.00 bits per heavy atom. The predicted octanol–water partition coefficient (Wildman–Crippen LogP) is 5.30. The number of nitrogens with zero attached hydrogens (tertiary/aromatic N) is 4. The number of phenols is 1. The number of amides is 4. The summed E-state index contributed by atoms with van der Waals surface area (Å²) in [5, 5.41) is 18.7. The average Bonchev–Trinajstić information content (AvgIpc) is 3.38. The van der Waals surface area contributed by atoms with Crippen LogP contribution >= 0.6 is 45.2 Å². The molecule has 47 heavy (non-hydrogen) atoms. The van der Waals surface area contributed by atoms with Crippen molar-refractivity contribution in [1.29, 1.82) is 0 Å². The van der Waals surface area contributed by atoms with E-state index in [-0.39, 0.29) is 48.8 Å². The maximum atomic E-state index is 14.3. The van der Waals surface area contributed by atoms with Crippen LogP contribution in [0.4, 0.5) is 10.5 Å². The minimum absolute atomic E-state index is 0.0247. The molecule has 0 saturated carbocycles. The van der Waals surface area contributed by atoms with Gasteiger partial charge in [-0.15, -0.1) is 0 Å². The molecule has 0 aromatic heterocycles. The molecular formula is C35H36I2N6O4. The largest absolute Gasteiger partial charge is 0.506 e. The Kier molecular flexibility index (Phi) is 10.1. The Morgan fingerprint density at radius 2 is 1.77 bits per heavy atom. The predicted molar refractivity (Wildman–Crippen MR) is 198 cm³/mol. The molecular weight excluding hydrogens is 822 g/mol. The molecule has 12 heteroatoms. The first-order chi connectivity index (χ1) is 22.6. The Morgan fingerprint density at radius 3 is 2.53 bits per heavy atom. The zero-order valence-electron chi connectivity index (χ0n) is 25.9. The number of hydrogen-bond donors (Lipinski definition) is 3. The summed E-state index contributed by atoms with van der Waals surface area (Å²) in [6.45, 7) is 3.32. The number of aromatic hydroxyl groups is 1. The summed E-state index contributed by atoms with van der Waals surface area (Å²) >= 11 is 4.57. The maximum absolute atomic E-state index is 14.3. The smallest absolute Gasteiger partial charge is 0.332 e. The highest BCUT2D eigenvalue weighted by Gasteiger charge is 2.52. The van der Waals surface area contributed by atoms with Gasteiger partial charge < -0.3 is 26.0 Å². The van der Waals surface area contributed by atoms with Gasteiger partial charge in [-0.25, -0.2) is 4.79 Å². The number of rotatable bonds is 9. The second kappa shape index (κ2) is 14.2. The van der Waals surface area contributed by atoms with Crippen LogP contribution < -0.4 is 11.1 Å². The van der Waals surface area contributed by atoms with Gasteiger partial charge in [0.05, 0.1) is 18.8 Å². The number of carbonyl (C=O) groups is 3. The summed E-state index contributed by atoms with van der Waals surface area (Å²) in [7, 11) is 0. The highest BCUT2D eigenvalue weighted by atomic mass is 127. The van der Waals surface area contributed by atoms with Crippen molar-refractivity contribution in [3.05, 3.63) is 103 Å². The second-order valence-electron chi connectivity index (χ2n) is 11.9. The van der Waals surface area contributed by atoms with Crippen molar-refractivity contribution < 1.29 is 19.5 Å². The Balaban J connectivity index is 1.31. The van der Waals surface area contributed by atoms with E-state index in [4.69, 9.17) is 5.73 Å². The molecule has 10 nitrogen and oxygen atoms in total. The van der Waals surface area contributed by atoms with E-state index in [1.54, 1.807) is 26.9 Å². The Bertz CT molecular complexity index is 1830. The lowest BCUT2D eigenvalue weighted by molar-refractivity contribution is -0.157. The number of phenolic OH excluding ortho intramolecular Hbond substituents is 1. The highest BCUT2D eigenvalue weighted by molar-refractivity contribution is 14.1. The fraction of sp³-hybridized carbons (Fsp3) is 0.286. The number of urea groups is 1.